The van der Waals surface area contributed by atoms with Crippen LogP contribution in [0.2, 0.25) is 0 Å². The molecule has 0 aliphatic rings. The minimum Gasteiger partial charge on any atom is -0.504 e. The first-order valence-corrected chi connectivity index (χ1v) is 10.7. The van der Waals surface area contributed by atoms with Crippen LogP contribution in [0, 0.1) is 0 Å². The Bertz CT molecular complexity index is 1170. The fourth-order valence-electron chi connectivity index (χ4n) is 3.34. The van der Waals surface area contributed by atoms with Crippen LogP contribution in [0.4, 0.5) is 0 Å². The van der Waals surface area contributed by atoms with Gasteiger partial charge in [0.1, 0.15) is 11.0 Å². The first-order valence-electron chi connectivity index (χ1n) is 9.91. The van der Waals surface area contributed by atoms with Crippen LogP contribution in [-0.4, -0.2) is 55.7 Å². The van der Waals surface area contributed by atoms with Crippen LogP contribution in [0.15, 0.2) is 42.6 Å². The molecule has 7 nitrogen and oxygen atoms in total. The molecule has 1 unspecified atom stereocenters. The topological polar surface area (TPSA) is 87.3 Å². The predicted molar refractivity (Wildman–Crippen MR) is 118 cm³/mol. The van der Waals surface area contributed by atoms with E-state index in [4.69, 9.17) is 4.98 Å². The maximum Gasteiger partial charge on any atom is 0.157 e. The van der Waals surface area contributed by atoms with Gasteiger partial charge >= 0.3 is 0 Å². The highest BCUT2D eigenvalue weighted by Crippen LogP contribution is 2.36. The number of rotatable bonds is 7. The molecule has 0 spiro atoms. The van der Waals surface area contributed by atoms with E-state index in [-0.39, 0.29) is 17.5 Å². The molecule has 4 rings (SSSR count). The summed E-state index contributed by atoms with van der Waals surface area (Å²) in [5.74, 6) is -0.320. The third-order valence-electron chi connectivity index (χ3n) is 5.06. The fraction of sp³-hybridized carbons (Fsp3) is 0.318. The molecule has 4 aromatic rings. The molecule has 2 aromatic carbocycles. The van der Waals surface area contributed by atoms with Crippen LogP contribution < -0.4 is 0 Å². The second-order valence-corrected chi connectivity index (χ2v) is 8.66. The van der Waals surface area contributed by atoms with Crippen LogP contribution in [0.25, 0.3) is 10.2 Å². The Labute approximate surface area is 179 Å². The average Bonchev–Trinajstić information content (AvgIpc) is 3.35. The number of aromatic nitrogens is 4. The molecule has 2 aromatic heterocycles. The van der Waals surface area contributed by atoms with Crippen LogP contribution in [0.1, 0.15) is 34.8 Å². The van der Waals surface area contributed by atoms with E-state index in [0.29, 0.717) is 0 Å². The molecular weight excluding hydrogens is 398 g/mol. The van der Waals surface area contributed by atoms with Crippen LogP contribution in [0.3, 0.4) is 0 Å². The van der Waals surface area contributed by atoms with Gasteiger partial charge in [0.25, 0.3) is 0 Å². The van der Waals surface area contributed by atoms with Crippen molar-refractivity contribution in [2.24, 2.45) is 0 Å². The second-order valence-electron chi connectivity index (χ2n) is 7.60. The number of aryl methyl sites for hydroxylation is 1. The van der Waals surface area contributed by atoms with Gasteiger partial charge in [-0.2, -0.15) is 0 Å². The maximum atomic E-state index is 10.1. The molecular formula is C22H25N5O2S. The highest BCUT2D eigenvalue weighted by atomic mass is 32.1. The van der Waals surface area contributed by atoms with E-state index in [1.807, 2.05) is 26.4 Å². The highest BCUT2D eigenvalue weighted by Gasteiger charge is 2.23. The van der Waals surface area contributed by atoms with E-state index < -0.39 is 0 Å². The monoisotopic (exact) mass is 423 g/mol. The lowest BCUT2D eigenvalue weighted by Crippen LogP contribution is -2.15. The molecule has 30 heavy (non-hydrogen) atoms. The number of likely N-dealkylation sites (N-methyl/N-ethyl adjacent to an activating group) is 1. The molecule has 0 radical (unpaired) electrons. The zero-order chi connectivity index (χ0) is 21.3. The van der Waals surface area contributed by atoms with E-state index in [0.717, 1.165) is 45.9 Å². The Morgan fingerprint density at radius 3 is 2.67 bits per heavy atom. The van der Waals surface area contributed by atoms with Gasteiger partial charge < -0.3 is 15.1 Å². The van der Waals surface area contributed by atoms with Crippen LogP contribution in [0.5, 0.6) is 11.5 Å². The zero-order valence-electron chi connectivity index (χ0n) is 17.3. The smallest absolute Gasteiger partial charge is 0.157 e. The van der Waals surface area contributed by atoms with Crippen molar-refractivity contribution in [3.63, 3.8) is 0 Å². The standard InChI is InChI=1S/C22H25N5O2S/c1-4-14-5-7-17-20(11-14)30-22(23-17)21(15-6-8-18(28)19(29)12-15)27-13-16(24-25-27)9-10-26(2)3/h5-8,11-13,21,28-29H,4,9-10H2,1-3H3. The Kier molecular flexibility index (Phi) is 5.69. The largest absolute Gasteiger partial charge is 0.504 e. The highest BCUT2D eigenvalue weighted by molar-refractivity contribution is 7.18. The number of phenols is 2. The molecule has 1 atom stereocenters. The molecule has 0 saturated carbocycles. The number of thiazole rings is 1. The normalized spacial score (nSPS) is 12.7. The lowest BCUT2D eigenvalue weighted by molar-refractivity contribution is 0.402. The van der Waals surface area contributed by atoms with Gasteiger partial charge in [0.15, 0.2) is 11.5 Å². The Balaban J connectivity index is 1.79. The fourth-order valence-corrected chi connectivity index (χ4v) is 4.49. The zero-order valence-corrected chi connectivity index (χ0v) is 18.1. The number of benzene rings is 2. The van der Waals surface area contributed by atoms with Crippen molar-refractivity contribution in [2.45, 2.75) is 25.8 Å². The summed E-state index contributed by atoms with van der Waals surface area (Å²) in [4.78, 5) is 6.96. The Morgan fingerprint density at radius 2 is 1.93 bits per heavy atom. The minimum atomic E-state index is -0.348. The van der Waals surface area contributed by atoms with Gasteiger partial charge in [-0.25, -0.2) is 9.67 Å². The number of nitrogens with zero attached hydrogens (tertiary/aromatic N) is 5. The third-order valence-corrected chi connectivity index (χ3v) is 6.13. The lowest BCUT2D eigenvalue weighted by Gasteiger charge is -2.15. The SMILES string of the molecule is CCc1ccc2nc(C(c3ccc(O)c(O)c3)n3cc(CCN(C)C)nn3)sc2c1. The number of fused-ring (bicyclic) bond motifs is 1. The van der Waals surface area contributed by atoms with E-state index in [2.05, 4.69) is 34.3 Å². The summed E-state index contributed by atoms with van der Waals surface area (Å²) < 4.78 is 2.90. The molecule has 8 heteroatoms. The van der Waals surface area contributed by atoms with Gasteiger partial charge in [-0.05, 0) is 55.9 Å². The number of hydrogen-bond donors (Lipinski definition) is 2. The van der Waals surface area contributed by atoms with Crippen molar-refractivity contribution >= 4 is 21.6 Å². The van der Waals surface area contributed by atoms with Crippen molar-refractivity contribution < 1.29 is 10.2 Å². The Hall–Kier alpha value is -2.97. The van der Waals surface area contributed by atoms with Gasteiger partial charge in [-0.15, -0.1) is 16.4 Å². The van der Waals surface area contributed by atoms with E-state index >= 15 is 0 Å². The van der Waals surface area contributed by atoms with Crippen molar-refractivity contribution in [2.75, 3.05) is 20.6 Å². The van der Waals surface area contributed by atoms with Crippen molar-refractivity contribution in [3.8, 4) is 11.5 Å². The number of aromatic hydroxyl groups is 2. The molecule has 0 amide bonds. The molecule has 0 saturated heterocycles. The van der Waals surface area contributed by atoms with Crippen molar-refractivity contribution in [1.82, 2.24) is 24.9 Å². The molecule has 0 aliphatic carbocycles. The summed E-state index contributed by atoms with van der Waals surface area (Å²) in [7, 11) is 4.05. The Morgan fingerprint density at radius 1 is 1.10 bits per heavy atom. The quantitative estimate of drug-likeness (QED) is 0.442. The average molecular weight is 424 g/mol. The second kappa shape index (κ2) is 8.41. The summed E-state index contributed by atoms with van der Waals surface area (Å²) >= 11 is 1.61. The lowest BCUT2D eigenvalue weighted by atomic mass is 10.1. The van der Waals surface area contributed by atoms with Gasteiger partial charge in [0, 0.05) is 19.2 Å². The molecule has 156 valence electrons. The van der Waals surface area contributed by atoms with Crippen LogP contribution in [-0.2, 0) is 12.8 Å². The maximum absolute atomic E-state index is 10.1. The summed E-state index contributed by atoms with van der Waals surface area (Å²) in [5, 5.41) is 29.4. The van der Waals surface area contributed by atoms with Crippen molar-refractivity contribution in [1.29, 1.82) is 0 Å². The summed E-state index contributed by atoms with van der Waals surface area (Å²) in [6.45, 7) is 3.01. The first-order chi connectivity index (χ1) is 14.4. The third kappa shape index (κ3) is 4.15. The van der Waals surface area contributed by atoms with E-state index in [1.165, 1.54) is 11.6 Å². The van der Waals surface area contributed by atoms with Crippen molar-refractivity contribution in [3.05, 3.63) is 64.4 Å². The molecule has 2 heterocycles. The number of phenolic OH excluding ortho intramolecular Hbond substituents is 2. The van der Waals surface area contributed by atoms with Gasteiger partial charge in [-0.1, -0.05) is 24.3 Å². The molecule has 2 N–H and O–H groups in total. The van der Waals surface area contributed by atoms with E-state index in [1.54, 1.807) is 28.2 Å². The summed E-state index contributed by atoms with van der Waals surface area (Å²) in [6.07, 6.45) is 3.69. The van der Waals surface area contributed by atoms with E-state index in [9.17, 15) is 10.2 Å². The van der Waals surface area contributed by atoms with Crippen LogP contribution >= 0.6 is 11.3 Å². The van der Waals surface area contributed by atoms with Gasteiger partial charge in [0.05, 0.1) is 15.9 Å². The first kappa shape index (κ1) is 20.3. The predicted octanol–water partition coefficient (Wildman–Crippen LogP) is 3.60. The van der Waals surface area contributed by atoms with Gasteiger partial charge in [0.2, 0.25) is 0 Å². The molecule has 0 fully saturated rings. The summed E-state index contributed by atoms with van der Waals surface area (Å²) in [5.41, 5.74) is 3.88. The van der Waals surface area contributed by atoms with Gasteiger partial charge in [-0.3, -0.25) is 0 Å². The molecule has 0 bridgehead atoms. The summed E-state index contributed by atoms with van der Waals surface area (Å²) in [6, 6.07) is 10.8. The number of hydrogen-bond acceptors (Lipinski definition) is 7. The molecule has 0 aliphatic heterocycles. The minimum absolute atomic E-state index is 0.153.